The Kier molecular flexibility index (Phi) is 6.18. The van der Waals surface area contributed by atoms with Crippen LogP contribution >= 0.6 is 0 Å². The van der Waals surface area contributed by atoms with E-state index in [2.05, 4.69) is 48.3 Å². The molecule has 0 radical (unpaired) electrons. The van der Waals surface area contributed by atoms with Crippen LogP contribution in [0.2, 0.25) is 0 Å². The van der Waals surface area contributed by atoms with E-state index in [4.69, 9.17) is 9.47 Å². The van der Waals surface area contributed by atoms with Crippen LogP contribution in [0.15, 0.2) is 24.3 Å². The van der Waals surface area contributed by atoms with E-state index in [0.717, 1.165) is 26.2 Å². The normalized spacial score (nSPS) is 23.1. The highest BCUT2D eigenvalue weighted by molar-refractivity contribution is 5.22. The zero-order valence-electron chi connectivity index (χ0n) is 13.6. The van der Waals surface area contributed by atoms with Gasteiger partial charge in [0.2, 0.25) is 0 Å². The third-order valence-electron chi connectivity index (χ3n) is 4.04. The molecule has 2 rings (SSSR count). The third kappa shape index (κ3) is 4.78. The number of hydrogen-bond acceptors (Lipinski definition) is 4. The van der Waals surface area contributed by atoms with Gasteiger partial charge in [-0.1, -0.05) is 38.1 Å². The Morgan fingerprint density at radius 2 is 1.57 bits per heavy atom. The fraction of sp³-hybridized carbons (Fsp3) is 0.647. The van der Waals surface area contributed by atoms with Crippen LogP contribution in [0.3, 0.4) is 0 Å². The Morgan fingerprint density at radius 1 is 1.05 bits per heavy atom. The lowest BCUT2D eigenvalue weighted by atomic mass is 10.1. The van der Waals surface area contributed by atoms with Gasteiger partial charge >= 0.3 is 0 Å². The van der Waals surface area contributed by atoms with Gasteiger partial charge in [0.05, 0.1) is 12.2 Å². The summed E-state index contributed by atoms with van der Waals surface area (Å²) < 4.78 is 11.0. The highest BCUT2D eigenvalue weighted by Crippen LogP contribution is 2.18. The molecule has 1 aromatic carbocycles. The molecule has 1 saturated heterocycles. The van der Waals surface area contributed by atoms with Gasteiger partial charge in [-0.3, -0.25) is 4.90 Å². The van der Waals surface area contributed by atoms with Crippen molar-refractivity contribution in [1.82, 2.24) is 10.2 Å². The summed E-state index contributed by atoms with van der Waals surface area (Å²) in [5.74, 6) is 0. The monoisotopic (exact) mass is 292 g/mol. The molecule has 0 aliphatic carbocycles. The van der Waals surface area contributed by atoms with Crippen molar-refractivity contribution in [2.24, 2.45) is 0 Å². The van der Waals surface area contributed by atoms with E-state index in [9.17, 15) is 0 Å². The Balaban J connectivity index is 1.86. The average Bonchev–Trinajstić information content (AvgIpc) is 2.88. The van der Waals surface area contributed by atoms with Crippen LogP contribution in [0.4, 0.5) is 0 Å². The summed E-state index contributed by atoms with van der Waals surface area (Å²) in [5, 5.41) is 3.44. The van der Waals surface area contributed by atoms with E-state index in [0.29, 0.717) is 6.04 Å². The summed E-state index contributed by atoms with van der Waals surface area (Å²) in [4.78, 5) is 2.39. The van der Waals surface area contributed by atoms with Gasteiger partial charge in [-0.25, -0.2) is 0 Å². The second-order valence-corrected chi connectivity index (χ2v) is 6.09. The molecule has 0 bridgehead atoms. The average molecular weight is 292 g/mol. The largest absolute Gasteiger partial charge is 0.377 e. The van der Waals surface area contributed by atoms with Crippen LogP contribution in [-0.4, -0.2) is 50.5 Å². The summed E-state index contributed by atoms with van der Waals surface area (Å²) in [6, 6.07) is 9.38. The topological polar surface area (TPSA) is 33.7 Å². The van der Waals surface area contributed by atoms with Crippen molar-refractivity contribution in [2.45, 2.75) is 45.2 Å². The van der Waals surface area contributed by atoms with Crippen LogP contribution in [0.5, 0.6) is 0 Å². The Bertz CT molecular complexity index is 407. The molecule has 0 spiro atoms. The molecule has 1 N–H and O–H groups in total. The van der Waals surface area contributed by atoms with Crippen LogP contribution in [0, 0.1) is 0 Å². The van der Waals surface area contributed by atoms with Crippen molar-refractivity contribution in [3.8, 4) is 0 Å². The summed E-state index contributed by atoms with van der Waals surface area (Å²) >= 11 is 0. The number of likely N-dealkylation sites (tertiary alicyclic amines) is 1. The maximum atomic E-state index is 5.48. The molecule has 1 aliphatic rings. The molecule has 21 heavy (non-hydrogen) atoms. The van der Waals surface area contributed by atoms with E-state index >= 15 is 0 Å². The highest BCUT2D eigenvalue weighted by Gasteiger charge is 2.32. The summed E-state index contributed by atoms with van der Waals surface area (Å²) in [6.07, 6.45) is 0.369. The fourth-order valence-electron chi connectivity index (χ4n) is 2.74. The van der Waals surface area contributed by atoms with Gasteiger partial charge < -0.3 is 14.8 Å². The number of benzene rings is 1. The number of rotatable bonds is 7. The van der Waals surface area contributed by atoms with Gasteiger partial charge in [-0.05, 0) is 11.1 Å². The van der Waals surface area contributed by atoms with Gasteiger partial charge in [-0.2, -0.15) is 0 Å². The van der Waals surface area contributed by atoms with Crippen molar-refractivity contribution < 1.29 is 9.47 Å². The van der Waals surface area contributed by atoms with Gasteiger partial charge in [0, 0.05) is 46.4 Å². The smallest absolute Gasteiger partial charge is 0.0971 e. The Morgan fingerprint density at radius 3 is 2.05 bits per heavy atom. The molecule has 118 valence electrons. The Hall–Kier alpha value is -0.940. The van der Waals surface area contributed by atoms with Gasteiger partial charge in [0.25, 0.3) is 0 Å². The van der Waals surface area contributed by atoms with Crippen molar-refractivity contribution in [1.29, 1.82) is 0 Å². The quantitative estimate of drug-likeness (QED) is 0.834. The minimum Gasteiger partial charge on any atom is -0.377 e. The number of nitrogens with zero attached hydrogens (tertiary/aromatic N) is 1. The molecule has 4 nitrogen and oxygen atoms in total. The van der Waals surface area contributed by atoms with Crippen LogP contribution in [-0.2, 0) is 22.6 Å². The molecule has 1 heterocycles. The lowest BCUT2D eigenvalue weighted by molar-refractivity contribution is -0.00461. The van der Waals surface area contributed by atoms with Crippen molar-refractivity contribution >= 4 is 0 Å². The van der Waals surface area contributed by atoms with E-state index < -0.39 is 0 Å². The van der Waals surface area contributed by atoms with E-state index in [-0.39, 0.29) is 12.2 Å². The van der Waals surface area contributed by atoms with Gasteiger partial charge in [0.15, 0.2) is 0 Å². The number of nitrogens with one attached hydrogen (secondary N) is 1. The van der Waals surface area contributed by atoms with Crippen LogP contribution < -0.4 is 5.32 Å². The summed E-state index contributed by atoms with van der Waals surface area (Å²) in [7, 11) is 3.52. The maximum absolute atomic E-state index is 5.48. The number of hydrogen-bond donors (Lipinski definition) is 1. The zero-order chi connectivity index (χ0) is 15.2. The van der Waals surface area contributed by atoms with E-state index in [1.165, 1.54) is 11.1 Å². The molecule has 0 saturated carbocycles. The molecule has 1 aromatic rings. The van der Waals surface area contributed by atoms with Gasteiger partial charge in [0.1, 0.15) is 0 Å². The first-order valence-electron chi connectivity index (χ1n) is 7.71. The molecule has 2 unspecified atom stereocenters. The zero-order valence-corrected chi connectivity index (χ0v) is 13.6. The SMILES string of the molecule is COC1CN(Cc2ccc(CNC(C)C)cc2)CC1OC. The lowest BCUT2D eigenvalue weighted by Gasteiger charge is -2.15. The maximum Gasteiger partial charge on any atom is 0.0971 e. The highest BCUT2D eigenvalue weighted by atomic mass is 16.5. The first-order valence-corrected chi connectivity index (χ1v) is 7.71. The molecule has 0 amide bonds. The first kappa shape index (κ1) is 16.4. The summed E-state index contributed by atoms with van der Waals surface area (Å²) in [6.45, 7) is 8.09. The van der Waals surface area contributed by atoms with Crippen molar-refractivity contribution in [3.63, 3.8) is 0 Å². The van der Waals surface area contributed by atoms with Crippen LogP contribution in [0.1, 0.15) is 25.0 Å². The third-order valence-corrected chi connectivity index (χ3v) is 4.04. The summed E-state index contributed by atoms with van der Waals surface area (Å²) in [5.41, 5.74) is 2.67. The minimum atomic E-state index is 0.185. The molecule has 1 aliphatic heterocycles. The van der Waals surface area contributed by atoms with Crippen molar-refractivity contribution in [2.75, 3.05) is 27.3 Å². The first-order chi connectivity index (χ1) is 10.1. The second kappa shape index (κ2) is 7.90. The number of methoxy groups -OCH3 is 2. The van der Waals surface area contributed by atoms with Crippen molar-refractivity contribution in [3.05, 3.63) is 35.4 Å². The Labute approximate surface area is 128 Å². The molecular formula is C17H28N2O2. The molecule has 1 fully saturated rings. The predicted octanol–water partition coefficient (Wildman–Crippen LogP) is 2.03. The fourth-order valence-corrected chi connectivity index (χ4v) is 2.74. The molecular weight excluding hydrogens is 264 g/mol. The standard InChI is InChI=1S/C17H28N2O2/c1-13(2)18-9-14-5-7-15(8-6-14)10-19-11-16(20-3)17(12-19)21-4/h5-8,13,16-18H,9-12H2,1-4H3. The molecule has 0 aromatic heterocycles. The lowest BCUT2D eigenvalue weighted by Crippen LogP contribution is -2.27. The van der Waals surface area contributed by atoms with Gasteiger partial charge in [-0.15, -0.1) is 0 Å². The number of ether oxygens (including phenoxy) is 2. The van der Waals surface area contributed by atoms with E-state index in [1.807, 2.05) is 0 Å². The van der Waals surface area contributed by atoms with Crippen LogP contribution in [0.25, 0.3) is 0 Å². The molecule has 2 atom stereocenters. The predicted molar refractivity (Wildman–Crippen MR) is 85.3 cm³/mol. The second-order valence-electron chi connectivity index (χ2n) is 6.09. The van der Waals surface area contributed by atoms with E-state index in [1.54, 1.807) is 14.2 Å². The molecule has 4 heteroatoms. The minimum absolute atomic E-state index is 0.185.